The molecule has 0 aliphatic carbocycles. The van der Waals surface area contributed by atoms with Gasteiger partial charge in [0, 0.05) is 0 Å². The van der Waals surface area contributed by atoms with Crippen molar-refractivity contribution in [3.63, 3.8) is 0 Å². The fraction of sp³-hybridized carbons (Fsp3) is 0.136. The summed E-state index contributed by atoms with van der Waals surface area (Å²) < 4.78 is 46.6. The van der Waals surface area contributed by atoms with Crippen molar-refractivity contribution in [3.05, 3.63) is 96.4 Å². The third-order valence-corrected chi connectivity index (χ3v) is 4.08. The molecular weight excluding hydrogens is 337 g/mol. The van der Waals surface area contributed by atoms with E-state index in [1.807, 2.05) is 60.7 Å². The molecule has 0 fully saturated rings. The summed E-state index contributed by atoms with van der Waals surface area (Å²) in [6.45, 7) is 3.74. The molecule has 0 amide bonds. The predicted octanol–water partition coefficient (Wildman–Crippen LogP) is 6.33. The first-order valence-corrected chi connectivity index (χ1v) is 8.24. The lowest BCUT2D eigenvalue weighted by Crippen LogP contribution is -2.12. The zero-order chi connectivity index (χ0) is 18.6. The van der Waals surface area contributed by atoms with Gasteiger partial charge in [0.2, 0.25) is 0 Å². The number of alkyl halides is 3. The Morgan fingerprint density at radius 1 is 0.808 bits per heavy atom. The van der Waals surface area contributed by atoms with Gasteiger partial charge in [0.15, 0.2) is 0 Å². The maximum atomic E-state index is 13.6. The quantitative estimate of drug-likeness (QED) is 0.520. The highest BCUT2D eigenvalue weighted by Crippen LogP contribution is 2.42. The molecule has 0 spiro atoms. The van der Waals surface area contributed by atoms with Gasteiger partial charge in [0.05, 0.1) is 0 Å². The Balaban J connectivity index is 2.06. The van der Waals surface area contributed by atoms with E-state index in [4.69, 9.17) is 4.74 Å². The zero-order valence-electron chi connectivity index (χ0n) is 14.1. The van der Waals surface area contributed by atoms with Crippen LogP contribution >= 0.6 is 0 Å². The Labute approximate surface area is 151 Å². The molecule has 133 valence electrons. The van der Waals surface area contributed by atoms with Crippen LogP contribution in [0.4, 0.5) is 13.2 Å². The van der Waals surface area contributed by atoms with Gasteiger partial charge in [-0.2, -0.15) is 13.2 Å². The fourth-order valence-electron chi connectivity index (χ4n) is 2.84. The first kappa shape index (κ1) is 18.1. The van der Waals surface area contributed by atoms with E-state index in [2.05, 4.69) is 6.92 Å². The minimum absolute atomic E-state index is 0.0250. The summed E-state index contributed by atoms with van der Waals surface area (Å²) in [5, 5.41) is 0. The molecule has 1 radical (unpaired) electrons. The van der Waals surface area contributed by atoms with E-state index in [1.165, 1.54) is 6.07 Å². The summed E-state index contributed by atoms with van der Waals surface area (Å²) in [6.07, 6.45) is -4.48. The molecule has 0 unspecified atom stereocenters. The Hall–Kier alpha value is -2.75. The van der Waals surface area contributed by atoms with Crippen molar-refractivity contribution >= 4 is 0 Å². The van der Waals surface area contributed by atoms with Gasteiger partial charge in [-0.1, -0.05) is 66.7 Å². The van der Waals surface area contributed by atoms with Crippen molar-refractivity contribution in [2.75, 3.05) is 0 Å². The van der Waals surface area contributed by atoms with Crippen LogP contribution in [-0.4, -0.2) is 0 Å². The van der Waals surface area contributed by atoms with Gasteiger partial charge in [0.1, 0.15) is 17.9 Å². The highest BCUT2D eigenvalue weighted by Gasteiger charge is 2.37. The molecule has 3 rings (SSSR count). The summed E-state index contributed by atoms with van der Waals surface area (Å²) in [5.74, 6) is -0.165. The van der Waals surface area contributed by atoms with Gasteiger partial charge in [-0.25, -0.2) is 0 Å². The Morgan fingerprint density at radius 3 is 2.00 bits per heavy atom. The van der Waals surface area contributed by atoms with E-state index >= 15 is 0 Å². The molecule has 0 atom stereocenters. The van der Waals surface area contributed by atoms with Crippen molar-refractivity contribution in [2.45, 2.75) is 19.2 Å². The third-order valence-electron chi connectivity index (χ3n) is 4.08. The molecule has 0 saturated carbocycles. The van der Waals surface area contributed by atoms with E-state index in [0.717, 1.165) is 11.1 Å². The van der Waals surface area contributed by atoms with Crippen LogP contribution in [-0.2, 0) is 19.2 Å². The van der Waals surface area contributed by atoms with Crippen LogP contribution in [0.2, 0.25) is 0 Å². The largest absolute Gasteiger partial charge is 0.488 e. The maximum absolute atomic E-state index is 13.6. The molecule has 26 heavy (non-hydrogen) atoms. The van der Waals surface area contributed by atoms with Crippen molar-refractivity contribution in [2.24, 2.45) is 0 Å². The summed E-state index contributed by atoms with van der Waals surface area (Å²) in [7, 11) is 0. The second-order valence-electron chi connectivity index (χ2n) is 5.90. The van der Waals surface area contributed by atoms with Gasteiger partial charge >= 0.3 is 6.18 Å². The Kier molecular flexibility index (Phi) is 5.31. The maximum Gasteiger partial charge on any atom is 0.420 e. The molecule has 0 aliphatic rings. The van der Waals surface area contributed by atoms with E-state index < -0.39 is 11.7 Å². The minimum Gasteiger partial charge on any atom is -0.488 e. The van der Waals surface area contributed by atoms with E-state index in [1.54, 1.807) is 6.07 Å². The molecule has 3 aromatic rings. The molecule has 0 saturated heterocycles. The Morgan fingerprint density at radius 2 is 1.42 bits per heavy atom. The fourth-order valence-corrected chi connectivity index (χ4v) is 2.84. The lowest BCUT2D eigenvalue weighted by molar-refractivity contribution is -0.139. The SMILES string of the molecule is [CH2]Cc1cc(-c2ccccc2)cc(OCc2ccccc2)c1C(F)(F)F. The normalized spacial score (nSPS) is 11.4. The average Bonchev–Trinajstić information content (AvgIpc) is 2.66. The lowest BCUT2D eigenvalue weighted by Gasteiger charge is -2.19. The lowest BCUT2D eigenvalue weighted by atomic mass is 9.96. The van der Waals surface area contributed by atoms with E-state index in [0.29, 0.717) is 5.56 Å². The number of hydrogen-bond acceptors (Lipinski definition) is 1. The molecule has 3 aromatic carbocycles. The zero-order valence-corrected chi connectivity index (χ0v) is 14.1. The smallest absolute Gasteiger partial charge is 0.420 e. The van der Waals surface area contributed by atoms with Crippen molar-refractivity contribution in [1.82, 2.24) is 0 Å². The number of benzene rings is 3. The summed E-state index contributed by atoms with van der Waals surface area (Å²) >= 11 is 0. The predicted molar refractivity (Wildman–Crippen MR) is 96.7 cm³/mol. The summed E-state index contributed by atoms with van der Waals surface area (Å²) in [5.41, 5.74) is 1.70. The molecular formula is C22H18F3O. The second-order valence-corrected chi connectivity index (χ2v) is 5.90. The number of ether oxygens (including phenoxy) is 1. The monoisotopic (exact) mass is 355 g/mol. The Bertz CT molecular complexity index is 856. The van der Waals surface area contributed by atoms with E-state index in [-0.39, 0.29) is 24.3 Å². The topological polar surface area (TPSA) is 9.23 Å². The van der Waals surface area contributed by atoms with Crippen molar-refractivity contribution < 1.29 is 17.9 Å². The number of rotatable bonds is 5. The average molecular weight is 355 g/mol. The highest BCUT2D eigenvalue weighted by atomic mass is 19.4. The van der Waals surface area contributed by atoms with Gasteiger partial charge < -0.3 is 4.74 Å². The molecule has 0 heterocycles. The number of hydrogen-bond donors (Lipinski definition) is 0. The van der Waals surface area contributed by atoms with Gasteiger partial charge in [-0.05, 0) is 41.7 Å². The van der Waals surface area contributed by atoms with Crippen LogP contribution in [0.3, 0.4) is 0 Å². The second kappa shape index (κ2) is 7.65. The van der Waals surface area contributed by atoms with Crippen molar-refractivity contribution in [1.29, 1.82) is 0 Å². The van der Waals surface area contributed by atoms with Crippen LogP contribution in [0.1, 0.15) is 16.7 Å². The third kappa shape index (κ3) is 4.07. The molecule has 4 heteroatoms. The van der Waals surface area contributed by atoms with Gasteiger partial charge in [-0.3, -0.25) is 0 Å². The van der Waals surface area contributed by atoms with Crippen LogP contribution < -0.4 is 4.74 Å². The molecule has 0 aliphatic heterocycles. The van der Waals surface area contributed by atoms with Crippen molar-refractivity contribution in [3.8, 4) is 16.9 Å². The molecule has 1 nitrogen and oxygen atoms in total. The first-order chi connectivity index (χ1) is 12.5. The summed E-state index contributed by atoms with van der Waals surface area (Å²) in [6, 6.07) is 21.4. The minimum atomic E-state index is -4.51. The van der Waals surface area contributed by atoms with Crippen LogP contribution in [0, 0.1) is 6.92 Å². The molecule has 0 bridgehead atoms. The number of halogens is 3. The van der Waals surface area contributed by atoms with Gasteiger partial charge in [0.25, 0.3) is 0 Å². The standard InChI is InChI=1S/C22H18F3O/c1-2-17-13-19(18-11-7-4-8-12-18)14-20(21(17)22(23,24)25)26-15-16-9-5-3-6-10-16/h3-14H,1-2,15H2. The molecule has 0 aromatic heterocycles. The van der Waals surface area contributed by atoms with Crippen LogP contribution in [0.25, 0.3) is 11.1 Å². The first-order valence-electron chi connectivity index (χ1n) is 8.24. The van der Waals surface area contributed by atoms with Gasteiger partial charge in [-0.15, -0.1) is 0 Å². The summed E-state index contributed by atoms with van der Waals surface area (Å²) in [4.78, 5) is 0. The van der Waals surface area contributed by atoms with Crippen LogP contribution in [0.5, 0.6) is 5.75 Å². The van der Waals surface area contributed by atoms with E-state index in [9.17, 15) is 13.2 Å². The molecule has 0 N–H and O–H groups in total. The highest BCUT2D eigenvalue weighted by molar-refractivity contribution is 5.68. The van der Waals surface area contributed by atoms with Crippen LogP contribution in [0.15, 0.2) is 72.8 Å².